The number of aromatic nitrogens is 3. The van der Waals surface area contributed by atoms with Crippen LogP contribution in [0.2, 0.25) is 0 Å². The molecule has 1 heterocycles. The second-order valence-corrected chi connectivity index (χ2v) is 5.40. The van der Waals surface area contributed by atoms with Crippen molar-refractivity contribution in [1.82, 2.24) is 15.0 Å². The van der Waals surface area contributed by atoms with E-state index in [9.17, 15) is 0 Å². The molecule has 0 aliphatic heterocycles. The van der Waals surface area contributed by atoms with Gasteiger partial charge in [-0.3, -0.25) is 0 Å². The molecular weight excluding hydrogens is 264 g/mol. The Kier molecular flexibility index (Phi) is 3.99. The zero-order chi connectivity index (χ0) is 14.7. The molecule has 5 heteroatoms. The Bertz CT molecular complexity index is 608. The molecule has 3 rings (SSSR count). The summed E-state index contributed by atoms with van der Waals surface area (Å²) in [6.07, 6.45) is 4.84. The van der Waals surface area contributed by atoms with Gasteiger partial charge in [0.1, 0.15) is 0 Å². The van der Waals surface area contributed by atoms with Gasteiger partial charge in [0.25, 0.3) is 0 Å². The lowest BCUT2D eigenvalue weighted by molar-refractivity contribution is 0.292. The van der Waals surface area contributed by atoms with Crippen LogP contribution < -0.4 is 10.5 Å². The molecule has 1 aliphatic carbocycles. The molecule has 21 heavy (non-hydrogen) atoms. The zero-order valence-corrected chi connectivity index (χ0v) is 12.2. The quantitative estimate of drug-likeness (QED) is 0.912. The van der Waals surface area contributed by atoms with Gasteiger partial charge in [-0.15, -0.1) is 0 Å². The first kappa shape index (κ1) is 13.8. The van der Waals surface area contributed by atoms with E-state index in [-0.39, 0.29) is 5.95 Å². The van der Waals surface area contributed by atoms with Crippen molar-refractivity contribution in [3.63, 3.8) is 0 Å². The summed E-state index contributed by atoms with van der Waals surface area (Å²) in [4.78, 5) is 12.5. The van der Waals surface area contributed by atoms with Crippen LogP contribution in [0.3, 0.4) is 0 Å². The van der Waals surface area contributed by atoms with Crippen LogP contribution in [0.4, 0.5) is 5.95 Å². The average molecular weight is 284 g/mol. The molecule has 0 atom stereocenters. The molecule has 1 saturated carbocycles. The Morgan fingerprint density at radius 1 is 1.14 bits per heavy atom. The molecule has 0 unspecified atom stereocenters. The monoisotopic (exact) mass is 284 g/mol. The van der Waals surface area contributed by atoms with E-state index in [4.69, 9.17) is 10.5 Å². The Labute approximate surface area is 124 Å². The molecule has 2 N–H and O–H groups in total. The highest BCUT2D eigenvalue weighted by Crippen LogP contribution is 2.36. The van der Waals surface area contributed by atoms with Gasteiger partial charge in [-0.25, -0.2) is 0 Å². The molecule has 2 aromatic rings. The Hall–Kier alpha value is -2.17. The minimum atomic E-state index is 0.189. The van der Waals surface area contributed by atoms with Gasteiger partial charge in [0, 0.05) is 5.56 Å². The third-order valence-electron chi connectivity index (χ3n) is 3.81. The van der Waals surface area contributed by atoms with Crippen molar-refractivity contribution >= 4 is 5.95 Å². The SMILES string of the molecule is CCCOc1nc(N)nc(-c2ccc(C3CCC3)cc2)n1. The number of nitrogens with zero attached hydrogens (tertiary/aromatic N) is 3. The van der Waals surface area contributed by atoms with Gasteiger partial charge in [0.05, 0.1) is 6.61 Å². The van der Waals surface area contributed by atoms with Gasteiger partial charge in [-0.05, 0) is 30.7 Å². The number of hydrogen-bond donors (Lipinski definition) is 1. The van der Waals surface area contributed by atoms with Crippen LogP contribution >= 0.6 is 0 Å². The maximum atomic E-state index is 5.74. The Morgan fingerprint density at radius 3 is 2.52 bits per heavy atom. The fourth-order valence-corrected chi connectivity index (χ4v) is 2.41. The van der Waals surface area contributed by atoms with Crippen LogP contribution in [-0.4, -0.2) is 21.6 Å². The highest BCUT2D eigenvalue weighted by Gasteiger charge is 2.19. The number of anilines is 1. The molecule has 0 saturated heterocycles. The molecule has 1 aliphatic rings. The zero-order valence-electron chi connectivity index (χ0n) is 12.2. The lowest BCUT2D eigenvalue weighted by atomic mass is 9.80. The average Bonchev–Trinajstić information content (AvgIpc) is 2.43. The van der Waals surface area contributed by atoms with Gasteiger partial charge < -0.3 is 10.5 Å². The largest absolute Gasteiger partial charge is 0.463 e. The molecule has 1 aromatic carbocycles. The lowest BCUT2D eigenvalue weighted by Crippen LogP contribution is -2.08. The number of hydrogen-bond acceptors (Lipinski definition) is 5. The molecule has 0 amide bonds. The van der Waals surface area contributed by atoms with Crippen LogP contribution in [0.5, 0.6) is 6.01 Å². The number of rotatable bonds is 5. The van der Waals surface area contributed by atoms with Gasteiger partial charge in [-0.1, -0.05) is 37.6 Å². The van der Waals surface area contributed by atoms with Crippen molar-refractivity contribution in [3.8, 4) is 17.4 Å². The number of ether oxygens (including phenoxy) is 1. The maximum absolute atomic E-state index is 5.74. The highest BCUT2D eigenvalue weighted by molar-refractivity contribution is 5.57. The predicted molar refractivity (Wildman–Crippen MR) is 82.1 cm³/mol. The third kappa shape index (κ3) is 3.12. The van der Waals surface area contributed by atoms with Crippen LogP contribution in [-0.2, 0) is 0 Å². The summed E-state index contributed by atoms with van der Waals surface area (Å²) in [7, 11) is 0. The van der Waals surface area contributed by atoms with Gasteiger partial charge in [0.15, 0.2) is 5.82 Å². The van der Waals surface area contributed by atoms with Gasteiger partial charge in [0.2, 0.25) is 5.95 Å². The molecule has 0 bridgehead atoms. The van der Waals surface area contributed by atoms with E-state index >= 15 is 0 Å². The second kappa shape index (κ2) is 6.08. The second-order valence-electron chi connectivity index (χ2n) is 5.40. The predicted octanol–water partition coefficient (Wildman–Crippen LogP) is 3.18. The summed E-state index contributed by atoms with van der Waals surface area (Å²) in [5.41, 5.74) is 8.07. The first-order chi connectivity index (χ1) is 10.3. The Morgan fingerprint density at radius 2 is 1.90 bits per heavy atom. The smallest absolute Gasteiger partial charge is 0.321 e. The molecule has 0 radical (unpaired) electrons. The summed E-state index contributed by atoms with van der Waals surface area (Å²) in [6, 6.07) is 8.71. The highest BCUT2D eigenvalue weighted by atomic mass is 16.5. The molecule has 1 fully saturated rings. The van der Waals surface area contributed by atoms with E-state index in [1.165, 1.54) is 24.8 Å². The molecule has 1 aromatic heterocycles. The summed E-state index contributed by atoms with van der Waals surface area (Å²) >= 11 is 0. The van der Waals surface area contributed by atoms with E-state index in [2.05, 4.69) is 27.1 Å². The summed E-state index contributed by atoms with van der Waals surface area (Å²) < 4.78 is 5.44. The summed E-state index contributed by atoms with van der Waals surface area (Å²) in [5.74, 6) is 1.48. The molecule has 110 valence electrons. The van der Waals surface area contributed by atoms with Crippen molar-refractivity contribution in [2.24, 2.45) is 0 Å². The van der Waals surface area contributed by atoms with E-state index in [0.29, 0.717) is 18.4 Å². The first-order valence-electron chi connectivity index (χ1n) is 7.51. The molecular formula is C16H20N4O. The Balaban J connectivity index is 1.83. The van der Waals surface area contributed by atoms with Crippen molar-refractivity contribution < 1.29 is 4.74 Å². The van der Waals surface area contributed by atoms with E-state index < -0.39 is 0 Å². The fourth-order valence-electron chi connectivity index (χ4n) is 2.41. The van der Waals surface area contributed by atoms with Crippen LogP contribution in [0.1, 0.15) is 44.1 Å². The van der Waals surface area contributed by atoms with Gasteiger partial charge in [-0.2, -0.15) is 15.0 Å². The van der Waals surface area contributed by atoms with Crippen molar-refractivity contribution in [2.45, 2.75) is 38.5 Å². The lowest BCUT2D eigenvalue weighted by Gasteiger charge is -2.25. The summed E-state index contributed by atoms with van der Waals surface area (Å²) in [5, 5.41) is 0. The van der Waals surface area contributed by atoms with Gasteiger partial charge >= 0.3 is 6.01 Å². The minimum Gasteiger partial charge on any atom is -0.463 e. The normalized spacial score (nSPS) is 14.7. The number of nitrogen functional groups attached to an aromatic ring is 1. The molecule has 5 nitrogen and oxygen atoms in total. The van der Waals surface area contributed by atoms with E-state index in [1.807, 2.05) is 19.1 Å². The molecule has 0 spiro atoms. The van der Waals surface area contributed by atoms with Crippen LogP contribution in [0, 0.1) is 0 Å². The van der Waals surface area contributed by atoms with Crippen molar-refractivity contribution in [2.75, 3.05) is 12.3 Å². The van der Waals surface area contributed by atoms with Crippen molar-refractivity contribution in [1.29, 1.82) is 0 Å². The number of nitrogens with two attached hydrogens (primary N) is 1. The van der Waals surface area contributed by atoms with Crippen LogP contribution in [0.15, 0.2) is 24.3 Å². The summed E-state index contributed by atoms with van der Waals surface area (Å²) in [6.45, 7) is 2.61. The minimum absolute atomic E-state index is 0.189. The first-order valence-corrected chi connectivity index (χ1v) is 7.51. The van der Waals surface area contributed by atoms with E-state index in [0.717, 1.165) is 17.9 Å². The maximum Gasteiger partial charge on any atom is 0.321 e. The third-order valence-corrected chi connectivity index (χ3v) is 3.81. The fraction of sp³-hybridized carbons (Fsp3) is 0.438. The standard InChI is InChI=1S/C16H20N4O/c1-2-10-21-16-19-14(18-15(17)20-16)13-8-6-12(7-9-13)11-4-3-5-11/h6-9,11H,2-5,10H2,1H3,(H2,17,18,19,20). The number of benzene rings is 1. The topological polar surface area (TPSA) is 73.9 Å². The van der Waals surface area contributed by atoms with Crippen LogP contribution in [0.25, 0.3) is 11.4 Å². The van der Waals surface area contributed by atoms with E-state index in [1.54, 1.807) is 0 Å². The van der Waals surface area contributed by atoms with Crippen molar-refractivity contribution in [3.05, 3.63) is 29.8 Å².